The Kier molecular flexibility index (Phi) is 5.47. The summed E-state index contributed by atoms with van der Waals surface area (Å²) in [5.74, 6) is 1.12. The molecule has 26 heavy (non-hydrogen) atoms. The van der Waals surface area contributed by atoms with Gasteiger partial charge in [-0.2, -0.15) is 0 Å². The smallest absolute Gasteiger partial charge is 0.253 e. The van der Waals surface area contributed by atoms with Gasteiger partial charge in [0, 0.05) is 25.3 Å². The van der Waals surface area contributed by atoms with Crippen molar-refractivity contribution in [3.05, 3.63) is 42.0 Å². The second-order valence-electron chi connectivity index (χ2n) is 7.69. The van der Waals surface area contributed by atoms with Gasteiger partial charge in [-0.05, 0) is 62.6 Å². The molecule has 2 amide bonds. The molecule has 5 heteroatoms. The highest BCUT2D eigenvalue weighted by atomic mass is 16.5. The van der Waals surface area contributed by atoms with Gasteiger partial charge in [-0.15, -0.1) is 0 Å². The molecule has 2 aliphatic rings. The normalized spacial score (nSPS) is 23.3. The van der Waals surface area contributed by atoms with Gasteiger partial charge in [-0.25, -0.2) is 0 Å². The van der Waals surface area contributed by atoms with Crippen LogP contribution in [0, 0.1) is 5.92 Å². The molecule has 2 atom stereocenters. The first-order chi connectivity index (χ1) is 12.4. The lowest BCUT2D eigenvalue weighted by Crippen LogP contribution is -2.38. The molecule has 1 fully saturated rings. The van der Waals surface area contributed by atoms with Gasteiger partial charge in [0.15, 0.2) is 0 Å². The molecule has 0 bridgehead atoms. The minimum absolute atomic E-state index is 0.144. The van der Waals surface area contributed by atoms with Gasteiger partial charge in [0.1, 0.15) is 5.75 Å². The maximum absolute atomic E-state index is 11.9. The van der Waals surface area contributed by atoms with Crippen LogP contribution in [0.15, 0.2) is 36.4 Å². The largest absolute Gasteiger partial charge is 0.497 e. The first-order valence-electron chi connectivity index (χ1n) is 9.21. The van der Waals surface area contributed by atoms with Crippen LogP contribution >= 0.6 is 0 Å². The summed E-state index contributed by atoms with van der Waals surface area (Å²) in [6.07, 6.45) is 5.40. The lowest BCUT2D eigenvalue weighted by molar-refractivity contribution is -0.137. The molecule has 0 unspecified atom stereocenters. The predicted molar refractivity (Wildman–Crippen MR) is 99.0 cm³/mol. The maximum Gasteiger partial charge on any atom is 0.253 e. The number of carbonyl (C=O) groups is 2. The van der Waals surface area contributed by atoms with Crippen LogP contribution in [0.2, 0.25) is 0 Å². The Labute approximate surface area is 155 Å². The van der Waals surface area contributed by atoms with Crippen molar-refractivity contribution in [3.63, 3.8) is 0 Å². The Morgan fingerprint density at radius 3 is 2.42 bits per heavy atom. The number of benzene rings is 1. The molecule has 140 valence electrons. The van der Waals surface area contributed by atoms with E-state index >= 15 is 0 Å². The minimum atomic E-state index is -0.212. The number of amides is 2. The van der Waals surface area contributed by atoms with Gasteiger partial charge in [-0.1, -0.05) is 12.1 Å². The van der Waals surface area contributed by atoms with Crippen LogP contribution in [0.3, 0.4) is 0 Å². The summed E-state index contributed by atoms with van der Waals surface area (Å²) >= 11 is 0. The Balaban J connectivity index is 1.78. The van der Waals surface area contributed by atoms with E-state index in [2.05, 4.69) is 26.0 Å². The summed E-state index contributed by atoms with van der Waals surface area (Å²) in [4.78, 5) is 25.1. The van der Waals surface area contributed by atoms with Gasteiger partial charge in [0.25, 0.3) is 11.8 Å². The summed E-state index contributed by atoms with van der Waals surface area (Å²) in [7, 11) is 1.66. The highest BCUT2D eigenvalue weighted by Crippen LogP contribution is 2.40. The Hall–Kier alpha value is -2.14. The van der Waals surface area contributed by atoms with E-state index in [1.165, 1.54) is 22.6 Å². The third-order valence-electron chi connectivity index (χ3n) is 5.41. The number of hydrogen-bond acceptors (Lipinski definition) is 4. The van der Waals surface area contributed by atoms with Crippen molar-refractivity contribution >= 4 is 11.8 Å². The SMILES string of the molecule is COc1ccc([C@@H](CCN2C(=O)C=CC2=O)[C@@H]2CCOC(C)(C)C2)cc1. The summed E-state index contributed by atoms with van der Waals surface area (Å²) in [6, 6.07) is 8.14. The molecule has 0 radical (unpaired) electrons. The van der Waals surface area contributed by atoms with Crippen LogP contribution in [0.4, 0.5) is 0 Å². The molecule has 2 heterocycles. The molecule has 3 rings (SSSR count). The summed E-state index contributed by atoms with van der Waals surface area (Å²) < 4.78 is 11.2. The van der Waals surface area contributed by atoms with E-state index in [4.69, 9.17) is 9.47 Å². The fraction of sp³-hybridized carbons (Fsp3) is 0.524. The van der Waals surface area contributed by atoms with Crippen molar-refractivity contribution in [1.29, 1.82) is 0 Å². The van der Waals surface area contributed by atoms with Gasteiger partial charge in [0.05, 0.1) is 12.7 Å². The van der Waals surface area contributed by atoms with Crippen LogP contribution in [0.5, 0.6) is 5.75 Å². The molecule has 0 aliphatic carbocycles. The van der Waals surface area contributed by atoms with Crippen molar-refractivity contribution in [3.8, 4) is 5.75 Å². The van der Waals surface area contributed by atoms with Crippen molar-refractivity contribution in [2.24, 2.45) is 5.92 Å². The van der Waals surface area contributed by atoms with E-state index in [1.807, 2.05) is 12.1 Å². The van der Waals surface area contributed by atoms with Crippen LogP contribution in [-0.2, 0) is 14.3 Å². The molecule has 5 nitrogen and oxygen atoms in total. The molecule has 1 aromatic rings. The topological polar surface area (TPSA) is 55.8 Å². The molecule has 1 saturated heterocycles. The van der Waals surface area contributed by atoms with E-state index in [9.17, 15) is 9.59 Å². The fourth-order valence-electron chi connectivity index (χ4n) is 4.07. The molecule has 2 aliphatic heterocycles. The zero-order valence-electron chi connectivity index (χ0n) is 15.7. The standard InChI is InChI=1S/C21H27NO4/c1-21(2)14-16(11-13-26-21)18(15-4-6-17(25-3)7-5-15)10-12-22-19(23)8-9-20(22)24/h4-9,16,18H,10-14H2,1-3H3/t16-,18-/m1/s1. The second-order valence-corrected chi connectivity index (χ2v) is 7.69. The first-order valence-corrected chi connectivity index (χ1v) is 9.21. The number of carbonyl (C=O) groups excluding carboxylic acids is 2. The van der Waals surface area contributed by atoms with E-state index in [-0.39, 0.29) is 23.3 Å². The number of hydrogen-bond donors (Lipinski definition) is 0. The zero-order valence-corrected chi connectivity index (χ0v) is 15.7. The number of rotatable bonds is 6. The second kappa shape index (κ2) is 7.62. The van der Waals surface area contributed by atoms with Crippen molar-refractivity contribution in [2.75, 3.05) is 20.3 Å². The van der Waals surface area contributed by atoms with Gasteiger partial charge >= 0.3 is 0 Å². The molecular weight excluding hydrogens is 330 g/mol. The van der Waals surface area contributed by atoms with Crippen LogP contribution < -0.4 is 4.74 Å². The van der Waals surface area contributed by atoms with Crippen molar-refractivity contribution in [1.82, 2.24) is 4.90 Å². The Morgan fingerprint density at radius 2 is 1.85 bits per heavy atom. The fourth-order valence-corrected chi connectivity index (χ4v) is 4.07. The average Bonchev–Trinajstić information content (AvgIpc) is 2.93. The Bertz CT molecular complexity index is 674. The third kappa shape index (κ3) is 4.15. The van der Waals surface area contributed by atoms with Gasteiger partial charge in [-0.3, -0.25) is 14.5 Å². The lowest BCUT2D eigenvalue weighted by Gasteiger charge is -2.40. The van der Waals surface area contributed by atoms with E-state index in [0.29, 0.717) is 12.5 Å². The predicted octanol–water partition coefficient (Wildman–Crippen LogP) is 3.30. The minimum Gasteiger partial charge on any atom is -0.497 e. The third-order valence-corrected chi connectivity index (χ3v) is 5.41. The van der Waals surface area contributed by atoms with Crippen molar-refractivity contribution in [2.45, 2.75) is 44.6 Å². The van der Waals surface area contributed by atoms with Crippen LogP contribution in [-0.4, -0.2) is 42.6 Å². The maximum atomic E-state index is 11.9. The van der Waals surface area contributed by atoms with Gasteiger partial charge in [0.2, 0.25) is 0 Å². The molecular formula is C21H27NO4. The average molecular weight is 357 g/mol. The molecule has 0 spiro atoms. The monoisotopic (exact) mass is 357 g/mol. The number of nitrogens with zero attached hydrogens (tertiary/aromatic N) is 1. The highest BCUT2D eigenvalue weighted by Gasteiger charge is 2.35. The van der Waals surface area contributed by atoms with Gasteiger partial charge < -0.3 is 9.47 Å². The number of imide groups is 1. The van der Waals surface area contributed by atoms with E-state index < -0.39 is 0 Å². The van der Waals surface area contributed by atoms with E-state index in [1.54, 1.807) is 7.11 Å². The van der Waals surface area contributed by atoms with Crippen molar-refractivity contribution < 1.29 is 19.1 Å². The molecule has 0 aromatic heterocycles. The van der Waals surface area contributed by atoms with Crippen LogP contribution in [0.1, 0.15) is 44.6 Å². The van der Waals surface area contributed by atoms with E-state index in [0.717, 1.165) is 31.6 Å². The van der Waals surface area contributed by atoms with Crippen LogP contribution in [0.25, 0.3) is 0 Å². The summed E-state index contributed by atoms with van der Waals surface area (Å²) in [6.45, 7) is 5.44. The molecule has 1 aromatic carbocycles. The quantitative estimate of drug-likeness (QED) is 0.733. The Morgan fingerprint density at radius 1 is 1.19 bits per heavy atom. The first kappa shape index (κ1) is 18.6. The highest BCUT2D eigenvalue weighted by molar-refractivity contribution is 6.12. The lowest BCUT2D eigenvalue weighted by atomic mass is 9.75. The summed E-state index contributed by atoms with van der Waals surface area (Å²) in [5.41, 5.74) is 1.08. The molecule has 0 saturated carbocycles. The number of methoxy groups -OCH3 is 1. The number of ether oxygens (including phenoxy) is 2. The molecule has 0 N–H and O–H groups in total. The zero-order chi connectivity index (χ0) is 18.7. The summed E-state index contributed by atoms with van der Waals surface area (Å²) in [5, 5.41) is 0.